The van der Waals surface area contributed by atoms with Gasteiger partial charge in [0.15, 0.2) is 0 Å². The minimum absolute atomic E-state index is 0.0355. The van der Waals surface area contributed by atoms with Crippen LogP contribution in [-0.4, -0.2) is 34.7 Å². The largest absolute Gasteiger partial charge is 0.393 e. The van der Waals surface area contributed by atoms with Gasteiger partial charge in [-0.25, -0.2) is 0 Å². The first-order valence-corrected chi connectivity index (χ1v) is 8.65. The third kappa shape index (κ3) is 2.71. The van der Waals surface area contributed by atoms with Gasteiger partial charge in [-0.1, -0.05) is 25.7 Å². The van der Waals surface area contributed by atoms with Crippen molar-refractivity contribution >= 4 is 0 Å². The van der Waals surface area contributed by atoms with Crippen LogP contribution in [0, 0.1) is 5.41 Å². The molecule has 3 atom stereocenters. The van der Waals surface area contributed by atoms with E-state index in [0.29, 0.717) is 11.5 Å². The van der Waals surface area contributed by atoms with Gasteiger partial charge in [-0.15, -0.1) is 0 Å². The van der Waals surface area contributed by atoms with Gasteiger partial charge in [0.1, 0.15) is 0 Å². The Kier molecular flexibility index (Phi) is 4.19. The van der Waals surface area contributed by atoms with Crippen molar-refractivity contribution in [2.75, 3.05) is 6.54 Å². The summed E-state index contributed by atoms with van der Waals surface area (Å²) in [6.07, 6.45) is 14.6. The fraction of sp³-hybridized carbons (Fsp3) is 1.00. The molecule has 110 valence electrons. The van der Waals surface area contributed by atoms with Gasteiger partial charge < -0.3 is 5.11 Å². The third-order valence-electron chi connectivity index (χ3n) is 6.28. The van der Waals surface area contributed by atoms with Crippen LogP contribution >= 0.6 is 0 Å². The van der Waals surface area contributed by atoms with E-state index in [1.807, 2.05) is 0 Å². The van der Waals surface area contributed by atoms with E-state index in [4.69, 9.17) is 0 Å². The predicted octanol–water partition coefficient (Wildman–Crippen LogP) is 3.72. The zero-order valence-corrected chi connectivity index (χ0v) is 12.6. The zero-order chi connectivity index (χ0) is 13.3. The molecule has 2 nitrogen and oxygen atoms in total. The van der Waals surface area contributed by atoms with Crippen molar-refractivity contribution in [3.8, 4) is 0 Å². The van der Waals surface area contributed by atoms with Crippen molar-refractivity contribution in [3.05, 3.63) is 0 Å². The van der Waals surface area contributed by atoms with Gasteiger partial charge in [0.2, 0.25) is 0 Å². The van der Waals surface area contributed by atoms with Crippen molar-refractivity contribution < 1.29 is 5.11 Å². The summed E-state index contributed by atoms with van der Waals surface area (Å²) >= 11 is 0. The number of hydrogen-bond donors (Lipinski definition) is 1. The predicted molar refractivity (Wildman–Crippen MR) is 79.2 cm³/mol. The van der Waals surface area contributed by atoms with Crippen molar-refractivity contribution in [3.63, 3.8) is 0 Å². The Balaban J connectivity index is 1.81. The van der Waals surface area contributed by atoms with Gasteiger partial charge in [0.05, 0.1) is 6.10 Å². The van der Waals surface area contributed by atoms with Gasteiger partial charge in [-0.2, -0.15) is 0 Å². The smallest absolute Gasteiger partial charge is 0.0555 e. The second-order valence-electron chi connectivity index (χ2n) is 7.45. The summed E-state index contributed by atoms with van der Waals surface area (Å²) in [6, 6.07) is 1.40. The Hall–Kier alpha value is -0.0800. The lowest BCUT2D eigenvalue weighted by Crippen LogP contribution is -2.54. The molecule has 1 aliphatic heterocycles. The number of hydrogen-bond acceptors (Lipinski definition) is 2. The number of aliphatic hydroxyl groups excluding tert-OH is 1. The molecular weight excluding hydrogens is 234 g/mol. The van der Waals surface area contributed by atoms with Crippen molar-refractivity contribution in [2.24, 2.45) is 5.41 Å². The van der Waals surface area contributed by atoms with Crippen molar-refractivity contribution in [1.82, 2.24) is 4.90 Å². The summed E-state index contributed by atoms with van der Waals surface area (Å²) in [5.74, 6) is 0. The lowest BCUT2D eigenvalue weighted by atomic mass is 9.67. The molecule has 0 aromatic carbocycles. The van der Waals surface area contributed by atoms with E-state index in [9.17, 15) is 5.11 Å². The summed E-state index contributed by atoms with van der Waals surface area (Å²) in [5, 5.41) is 10.2. The molecule has 0 amide bonds. The molecule has 2 saturated carbocycles. The minimum Gasteiger partial charge on any atom is -0.393 e. The molecule has 0 aromatic rings. The average Bonchev–Trinajstić information content (AvgIpc) is 2.77. The number of likely N-dealkylation sites (tertiary alicyclic amines) is 1. The van der Waals surface area contributed by atoms with E-state index in [-0.39, 0.29) is 6.10 Å². The molecule has 0 bridgehead atoms. The second-order valence-corrected chi connectivity index (χ2v) is 7.45. The van der Waals surface area contributed by atoms with E-state index in [1.165, 1.54) is 64.3 Å². The zero-order valence-electron chi connectivity index (χ0n) is 12.6. The van der Waals surface area contributed by atoms with Crippen molar-refractivity contribution in [2.45, 2.75) is 95.7 Å². The van der Waals surface area contributed by atoms with Crippen LogP contribution in [-0.2, 0) is 0 Å². The van der Waals surface area contributed by atoms with Crippen LogP contribution in [0.25, 0.3) is 0 Å². The summed E-state index contributed by atoms with van der Waals surface area (Å²) in [7, 11) is 0. The molecule has 2 aliphatic carbocycles. The molecule has 3 aliphatic rings. The summed E-state index contributed by atoms with van der Waals surface area (Å²) < 4.78 is 0. The van der Waals surface area contributed by atoms with Crippen LogP contribution in [0.4, 0.5) is 0 Å². The molecule has 1 N–H and O–H groups in total. The summed E-state index contributed by atoms with van der Waals surface area (Å²) in [5.41, 5.74) is 0.567. The Morgan fingerprint density at radius 2 is 1.74 bits per heavy atom. The standard InChI is InChI=1S/C17H31NO/c1-14-7-3-2-6-12-18(14)16-13-15(19)8-11-17(16)9-4-5-10-17/h14-16,19H,2-13H2,1H3. The highest BCUT2D eigenvalue weighted by atomic mass is 16.3. The fourth-order valence-electron chi connectivity index (χ4n) is 5.16. The Morgan fingerprint density at radius 3 is 2.53 bits per heavy atom. The average molecular weight is 265 g/mol. The Morgan fingerprint density at radius 1 is 0.947 bits per heavy atom. The van der Waals surface area contributed by atoms with E-state index in [2.05, 4.69) is 11.8 Å². The molecule has 1 heterocycles. The highest BCUT2D eigenvalue weighted by Gasteiger charge is 2.47. The van der Waals surface area contributed by atoms with E-state index in [0.717, 1.165) is 18.9 Å². The minimum atomic E-state index is -0.0355. The van der Waals surface area contributed by atoms with Crippen LogP contribution in [0.1, 0.15) is 77.6 Å². The topological polar surface area (TPSA) is 23.5 Å². The van der Waals surface area contributed by atoms with Crippen LogP contribution in [0.2, 0.25) is 0 Å². The van der Waals surface area contributed by atoms with Crippen LogP contribution < -0.4 is 0 Å². The SMILES string of the molecule is CC1CCCCCN1C1CC(O)CCC12CCCC2. The maximum Gasteiger partial charge on any atom is 0.0555 e. The molecule has 1 spiro atoms. The molecule has 0 aromatic heterocycles. The molecule has 2 heteroatoms. The highest BCUT2D eigenvalue weighted by Crippen LogP contribution is 2.51. The maximum atomic E-state index is 10.2. The molecular formula is C17H31NO. The highest BCUT2D eigenvalue weighted by molar-refractivity contribution is 5.01. The first kappa shape index (κ1) is 13.9. The molecule has 3 unspecified atom stereocenters. The lowest BCUT2D eigenvalue weighted by Gasteiger charge is -2.50. The molecule has 3 fully saturated rings. The maximum absolute atomic E-state index is 10.2. The van der Waals surface area contributed by atoms with E-state index < -0.39 is 0 Å². The molecule has 3 rings (SSSR count). The fourth-order valence-corrected chi connectivity index (χ4v) is 5.16. The monoisotopic (exact) mass is 265 g/mol. The van der Waals surface area contributed by atoms with E-state index >= 15 is 0 Å². The normalized spacial score (nSPS) is 40.4. The van der Waals surface area contributed by atoms with Crippen LogP contribution in [0.15, 0.2) is 0 Å². The van der Waals surface area contributed by atoms with Gasteiger partial charge >= 0.3 is 0 Å². The second kappa shape index (κ2) is 5.73. The molecule has 0 radical (unpaired) electrons. The van der Waals surface area contributed by atoms with Gasteiger partial charge in [-0.3, -0.25) is 4.90 Å². The third-order valence-corrected chi connectivity index (χ3v) is 6.28. The van der Waals surface area contributed by atoms with Crippen LogP contribution in [0.3, 0.4) is 0 Å². The van der Waals surface area contributed by atoms with E-state index in [1.54, 1.807) is 0 Å². The molecule has 19 heavy (non-hydrogen) atoms. The first-order valence-electron chi connectivity index (χ1n) is 8.65. The lowest BCUT2D eigenvalue weighted by molar-refractivity contribution is -0.0396. The Labute approximate surface area is 118 Å². The Bertz CT molecular complexity index is 298. The number of aliphatic hydroxyl groups is 1. The van der Waals surface area contributed by atoms with Gasteiger partial charge in [-0.05, 0) is 63.8 Å². The van der Waals surface area contributed by atoms with Crippen LogP contribution in [0.5, 0.6) is 0 Å². The van der Waals surface area contributed by atoms with Crippen molar-refractivity contribution in [1.29, 1.82) is 0 Å². The van der Waals surface area contributed by atoms with Gasteiger partial charge in [0.25, 0.3) is 0 Å². The summed E-state index contributed by atoms with van der Waals surface area (Å²) in [4.78, 5) is 2.81. The number of nitrogens with zero attached hydrogens (tertiary/aromatic N) is 1. The van der Waals surface area contributed by atoms with Gasteiger partial charge in [0, 0.05) is 12.1 Å². The first-order chi connectivity index (χ1) is 9.21. The quantitative estimate of drug-likeness (QED) is 0.781. The molecule has 1 saturated heterocycles. The summed E-state index contributed by atoms with van der Waals surface area (Å²) in [6.45, 7) is 3.70. The number of rotatable bonds is 1.